The summed E-state index contributed by atoms with van der Waals surface area (Å²) in [6, 6.07) is 8.73. The van der Waals surface area contributed by atoms with E-state index >= 15 is 0 Å². The van der Waals surface area contributed by atoms with Crippen LogP contribution in [0.4, 0.5) is 0 Å². The van der Waals surface area contributed by atoms with Gasteiger partial charge >= 0.3 is 0 Å². The van der Waals surface area contributed by atoms with Gasteiger partial charge in [0.2, 0.25) is 0 Å². The highest BCUT2D eigenvalue weighted by Gasteiger charge is 2.60. The van der Waals surface area contributed by atoms with Gasteiger partial charge < -0.3 is 9.47 Å². The molecule has 5 rings (SSSR count). The first-order valence-electron chi connectivity index (χ1n) is 12.3. The van der Waals surface area contributed by atoms with Crippen molar-refractivity contribution in [3.63, 3.8) is 0 Å². The van der Waals surface area contributed by atoms with Crippen LogP contribution in [-0.4, -0.2) is 23.9 Å². The summed E-state index contributed by atoms with van der Waals surface area (Å²) >= 11 is 19.8. The second-order valence-corrected chi connectivity index (χ2v) is 12.9. The van der Waals surface area contributed by atoms with E-state index in [1.807, 2.05) is 24.3 Å². The molecular weight excluding hydrogens is 565 g/mol. The minimum atomic E-state index is -0.207. The van der Waals surface area contributed by atoms with Crippen LogP contribution in [0, 0.1) is 16.7 Å². The smallest absolute Gasteiger partial charge is 0.264 e. The summed E-state index contributed by atoms with van der Waals surface area (Å²) in [6.07, 6.45) is 5.17. The fourth-order valence-corrected chi connectivity index (χ4v) is 7.33. The van der Waals surface area contributed by atoms with E-state index < -0.39 is 0 Å². The number of fused-ring (bicyclic) bond motifs is 2. The molecule has 1 saturated heterocycles. The molecule has 6 nitrogen and oxygen atoms in total. The molecule has 0 radical (unpaired) electrons. The van der Waals surface area contributed by atoms with Gasteiger partial charge in [-0.3, -0.25) is 10.1 Å². The number of benzene rings is 2. The van der Waals surface area contributed by atoms with Gasteiger partial charge in [0, 0.05) is 21.7 Å². The summed E-state index contributed by atoms with van der Waals surface area (Å²) in [7, 11) is 1.58. The zero-order valence-electron chi connectivity index (χ0n) is 21.5. The second-order valence-electron chi connectivity index (χ2n) is 10.6. The van der Waals surface area contributed by atoms with Gasteiger partial charge in [0.05, 0.1) is 22.1 Å². The number of nitrogens with one attached hydrogen (secondary N) is 1. The lowest BCUT2D eigenvalue weighted by atomic mass is 9.70. The Kier molecular flexibility index (Phi) is 7.50. The van der Waals surface area contributed by atoms with Gasteiger partial charge in [-0.15, -0.1) is 5.10 Å². The lowest BCUT2D eigenvalue weighted by molar-refractivity contribution is -0.115. The lowest BCUT2D eigenvalue weighted by Gasteiger charge is -2.34. The van der Waals surface area contributed by atoms with E-state index in [0.717, 1.165) is 29.7 Å². The lowest BCUT2D eigenvalue weighted by Crippen LogP contribution is -2.32. The summed E-state index contributed by atoms with van der Waals surface area (Å²) in [5.74, 6) is 1.41. The molecule has 3 aliphatic rings. The van der Waals surface area contributed by atoms with Crippen molar-refractivity contribution in [1.29, 1.82) is 0 Å². The number of carbonyl (C=O) groups is 1. The first-order valence-corrected chi connectivity index (χ1v) is 14.3. The Balaban J connectivity index is 1.33. The standard InChI is InChI=1S/C28H28Cl3N3O3S/c1-27(2)17-7-8-28(27,3)23(11-17)33-34-26-32-25(35)22(38-26)10-15-5-6-21(36-4)16(9-15)14-37-24-19(30)12-18(29)13-20(24)31/h5-6,9-10,12-13,17H,7-8,11,14H2,1-4H3,(H,32,34,35)/b22-10-,33-23-/t17-,28-/m1/s1. The maximum atomic E-state index is 12.7. The molecule has 2 atom stereocenters. The first-order chi connectivity index (χ1) is 18.0. The number of carbonyl (C=O) groups excluding carboxylic acids is 1. The number of thioether (sulfide) groups is 1. The second kappa shape index (κ2) is 10.4. The van der Waals surface area contributed by atoms with Crippen LogP contribution in [0.1, 0.15) is 51.2 Å². The van der Waals surface area contributed by atoms with Crippen LogP contribution in [0.2, 0.25) is 15.1 Å². The maximum Gasteiger partial charge on any atom is 0.264 e. The van der Waals surface area contributed by atoms with Crippen molar-refractivity contribution in [2.75, 3.05) is 7.11 Å². The molecule has 10 heteroatoms. The number of halogens is 3. The Morgan fingerprint density at radius 3 is 2.50 bits per heavy atom. The third kappa shape index (κ3) is 4.94. The van der Waals surface area contributed by atoms with Crippen LogP contribution >= 0.6 is 46.6 Å². The fraction of sp³-hybridized carbons (Fsp3) is 0.393. The topological polar surface area (TPSA) is 72.3 Å². The highest BCUT2D eigenvalue weighted by Crippen LogP contribution is 2.64. The molecular formula is C28H28Cl3N3O3S. The van der Waals surface area contributed by atoms with Gasteiger partial charge in [-0.25, -0.2) is 0 Å². The highest BCUT2D eigenvalue weighted by atomic mass is 35.5. The van der Waals surface area contributed by atoms with Crippen molar-refractivity contribution >= 4 is 69.4 Å². The van der Waals surface area contributed by atoms with Gasteiger partial charge in [-0.1, -0.05) is 61.6 Å². The highest BCUT2D eigenvalue weighted by molar-refractivity contribution is 8.18. The van der Waals surface area contributed by atoms with E-state index in [0.29, 0.717) is 42.6 Å². The SMILES string of the molecule is COc1ccc(/C=C2\S/C(=N/N=C3/C[C@H]4CC[C@@]3(C)C4(C)C)NC2=O)cc1COc1c(Cl)cc(Cl)cc1Cl. The third-order valence-electron chi connectivity index (χ3n) is 8.36. The Bertz CT molecular complexity index is 1380. The number of methoxy groups -OCH3 is 1. The monoisotopic (exact) mass is 591 g/mol. The van der Waals surface area contributed by atoms with Crippen molar-refractivity contribution in [1.82, 2.24) is 5.32 Å². The van der Waals surface area contributed by atoms with E-state index in [1.54, 1.807) is 19.2 Å². The molecule has 2 aromatic rings. The van der Waals surface area contributed by atoms with Gasteiger partial charge in [-0.2, -0.15) is 5.10 Å². The van der Waals surface area contributed by atoms with Gasteiger partial charge in [-0.05, 0) is 78.3 Å². The van der Waals surface area contributed by atoms with E-state index in [4.69, 9.17) is 44.3 Å². The summed E-state index contributed by atoms with van der Waals surface area (Å²) in [5, 5.41) is 13.4. The average molecular weight is 593 g/mol. The van der Waals surface area contributed by atoms with Crippen LogP contribution in [-0.2, 0) is 11.4 Å². The summed E-state index contributed by atoms with van der Waals surface area (Å²) < 4.78 is 11.4. The van der Waals surface area contributed by atoms with Crippen LogP contribution in [0.25, 0.3) is 6.08 Å². The van der Waals surface area contributed by atoms with Crippen molar-refractivity contribution in [2.45, 2.75) is 46.6 Å². The van der Waals surface area contributed by atoms with Crippen LogP contribution < -0.4 is 14.8 Å². The molecule has 2 aromatic carbocycles. The number of rotatable bonds is 6. The quantitative estimate of drug-likeness (QED) is 0.272. The zero-order valence-corrected chi connectivity index (χ0v) is 24.6. The molecule has 1 aliphatic heterocycles. The van der Waals surface area contributed by atoms with E-state index in [2.05, 4.69) is 36.3 Å². The predicted molar refractivity (Wildman–Crippen MR) is 157 cm³/mol. The number of nitrogens with zero attached hydrogens (tertiary/aromatic N) is 2. The minimum absolute atomic E-state index is 0.0652. The summed E-state index contributed by atoms with van der Waals surface area (Å²) in [5.41, 5.74) is 3.00. The molecule has 38 heavy (non-hydrogen) atoms. The largest absolute Gasteiger partial charge is 0.496 e. The summed E-state index contributed by atoms with van der Waals surface area (Å²) in [4.78, 5) is 13.2. The molecule has 1 amide bonds. The van der Waals surface area contributed by atoms with Crippen LogP contribution in [0.3, 0.4) is 0 Å². The molecule has 0 unspecified atom stereocenters. The maximum absolute atomic E-state index is 12.7. The van der Waals surface area contributed by atoms with Gasteiger partial charge in [0.1, 0.15) is 12.4 Å². The number of amides is 1. The molecule has 1 heterocycles. The van der Waals surface area contributed by atoms with Crippen LogP contribution in [0.5, 0.6) is 11.5 Å². The van der Waals surface area contributed by atoms with Crippen molar-refractivity contribution in [3.05, 3.63) is 61.4 Å². The molecule has 0 spiro atoms. The van der Waals surface area contributed by atoms with Gasteiger partial charge in [0.25, 0.3) is 5.91 Å². The molecule has 1 N–H and O–H groups in total. The molecule has 0 aromatic heterocycles. The number of amidine groups is 1. The fourth-order valence-electron chi connectivity index (χ4n) is 5.63. The third-order valence-corrected chi connectivity index (χ3v) is 10.0. The van der Waals surface area contributed by atoms with Crippen molar-refractivity contribution < 1.29 is 14.3 Å². The zero-order chi connectivity index (χ0) is 27.2. The van der Waals surface area contributed by atoms with Crippen LogP contribution in [0.15, 0.2) is 45.4 Å². The number of hydrogen-bond donors (Lipinski definition) is 1. The Morgan fingerprint density at radius 2 is 1.87 bits per heavy atom. The normalized spacial score (nSPS) is 27.0. The molecule has 200 valence electrons. The molecule has 2 aliphatic carbocycles. The average Bonchev–Trinajstić information content (AvgIpc) is 3.38. The predicted octanol–water partition coefficient (Wildman–Crippen LogP) is 8.00. The van der Waals surface area contributed by atoms with E-state index in [-0.39, 0.29) is 23.3 Å². The van der Waals surface area contributed by atoms with E-state index in [1.165, 1.54) is 18.2 Å². The molecule has 2 bridgehead atoms. The Labute approximate surface area is 241 Å². The minimum Gasteiger partial charge on any atom is -0.496 e. The number of ether oxygens (including phenoxy) is 2. The molecule has 2 saturated carbocycles. The number of hydrogen-bond acceptors (Lipinski definition) is 6. The Morgan fingerprint density at radius 1 is 1.13 bits per heavy atom. The first kappa shape index (κ1) is 27.4. The van der Waals surface area contributed by atoms with Crippen molar-refractivity contribution in [3.8, 4) is 11.5 Å². The van der Waals surface area contributed by atoms with E-state index in [9.17, 15) is 4.79 Å². The Hall–Kier alpha value is -2.19. The summed E-state index contributed by atoms with van der Waals surface area (Å²) in [6.45, 7) is 7.12. The van der Waals surface area contributed by atoms with Gasteiger partial charge in [0.15, 0.2) is 10.9 Å². The van der Waals surface area contributed by atoms with Crippen molar-refractivity contribution in [2.24, 2.45) is 27.0 Å². The molecule has 3 fully saturated rings.